The fraction of sp³-hybridized carbons (Fsp3) is 0.774. The summed E-state index contributed by atoms with van der Waals surface area (Å²) >= 11 is 0. The number of nitrogens with zero attached hydrogens (tertiary/aromatic N) is 2. The molecule has 0 radical (unpaired) electrons. The summed E-state index contributed by atoms with van der Waals surface area (Å²) in [4.78, 5) is 46.2. The Bertz CT molecular complexity index is 1010. The van der Waals surface area contributed by atoms with Gasteiger partial charge in [0.05, 0.1) is 12.5 Å². The molecule has 39 heavy (non-hydrogen) atoms. The van der Waals surface area contributed by atoms with Gasteiger partial charge in [0.1, 0.15) is 23.2 Å². The Morgan fingerprint density at radius 3 is 2.41 bits per heavy atom. The van der Waals surface area contributed by atoms with Crippen molar-refractivity contribution in [3.63, 3.8) is 0 Å². The smallest absolute Gasteiger partial charge is 0.313 e. The number of amides is 2. The highest BCUT2D eigenvalue weighted by atomic mass is 16.6. The van der Waals surface area contributed by atoms with Crippen LogP contribution in [0.5, 0.6) is 0 Å². The van der Waals surface area contributed by atoms with E-state index in [4.69, 9.17) is 9.47 Å². The third kappa shape index (κ3) is 5.31. The third-order valence-electron chi connectivity index (χ3n) is 8.88. The van der Waals surface area contributed by atoms with E-state index in [1.165, 1.54) is 0 Å². The van der Waals surface area contributed by atoms with Gasteiger partial charge in [-0.15, -0.1) is 0 Å². The molecular weight excluding hydrogens is 496 g/mol. The van der Waals surface area contributed by atoms with E-state index in [-0.39, 0.29) is 23.8 Å². The minimum Gasteiger partial charge on any atom is -0.465 e. The van der Waals surface area contributed by atoms with E-state index in [9.17, 15) is 19.5 Å². The summed E-state index contributed by atoms with van der Waals surface area (Å²) in [6.45, 7) is 13.8. The highest BCUT2D eigenvalue weighted by molar-refractivity contribution is 5.99. The van der Waals surface area contributed by atoms with Crippen molar-refractivity contribution in [1.82, 2.24) is 9.80 Å². The molecule has 0 aromatic carbocycles. The molecule has 1 N–H and O–H groups in total. The number of aliphatic hydroxyl groups is 1. The van der Waals surface area contributed by atoms with E-state index >= 15 is 0 Å². The van der Waals surface area contributed by atoms with Crippen molar-refractivity contribution >= 4 is 17.8 Å². The molecule has 5 atom stereocenters. The van der Waals surface area contributed by atoms with Gasteiger partial charge in [0, 0.05) is 25.2 Å². The van der Waals surface area contributed by atoms with Crippen molar-refractivity contribution in [2.75, 3.05) is 26.3 Å². The van der Waals surface area contributed by atoms with Gasteiger partial charge in [0.25, 0.3) is 0 Å². The van der Waals surface area contributed by atoms with Gasteiger partial charge in [-0.3, -0.25) is 14.4 Å². The van der Waals surface area contributed by atoms with Gasteiger partial charge in [-0.05, 0) is 64.2 Å². The van der Waals surface area contributed by atoms with Gasteiger partial charge in [-0.2, -0.15) is 0 Å². The monoisotopic (exact) mass is 544 g/mol. The van der Waals surface area contributed by atoms with E-state index < -0.39 is 40.6 Å². The fourth-order valence-electron chi connectivity index (χ4n) is 7.62. The second-order valence-corrected chi connectivity index (χ2v) is 13.6. The quantitative estimate of drug-likeness (QED) is 0.282. The lowest BCUT2D eigenvalue weighted by Crippen LogP contribution is -2.60. The summed E-state index contributed by atoms with van der Waals surface area (Å²) in [5.41, 5.74) is -2.76. The lowest BCUT2D eigenvalue weighted by molar-refractivity contribution is -0.162. The number of hydrogen-bond donors (Lipinski definition) is 1. The number of ether oxygens (including phenoxy) is 2. The van der Waals surface area contributed by atoms with Crippen LogP contribution >= 0.6 is 0 Å². The molecule has 4 rings (SSSR count). The maximum atomic E-state index is 14.7. The summed E-state index contributed by atoms with van der Waals surface area (Å²) in [6.07, 6.45) is 12.6. The lowest BCUT2D eigenvalue weighted by Gasteiger charge is -2.45. The molecule has 1 spiro atoms. The van der Waals surface area contributed by atoms with E-state index in [2.05, 4.69) is 34.6 Å². The number of hydrogen-bond acceptors (Lipinski definition) is 6. The summed E-state index contributed by atoms with van der Waals surface area (Å²) in [7, 11) is 0. The van der Waals surface area contributed by atoms with Gasteiger partial charge >= 0.3 is 5.97 Å². The van der Waals surface area contributed by atoms with Crippen LogP contribution in [0.3, 0.4) is 0 Å². The average molecular weight is 545 g/mol. The van der Waals surface area contributed by atoms with Crippen molar-refractivity contribution in [3.8, 4) is 0 Å². The first-order valence-corrected chi connectivity index (χ1v) is 14.8. The number of unbranched alkanes of at least 4 members (excludes halogenated alkanes) is 2. The fourth-order valence-corrected chi connectivity index (χ4v) is 7.62. The predicted molar refractivity (Wildman–Crippen MR) is 149 cm³/mol. The Morgan fingerprint density at radius 2 is 1.74 bits per heavy atom. The van der Waals surface area contributed by atoms with Crippen molar-refractivity contribution in [1.29, 1.82) is 0 Å². The van der Waals surface area contributed by atoms with Gasteiger partial charge in [0.2, 0.25) is 11.8 Å². The van der Waals surface area contributed by atoms with Crippen LogP contribution in [0.4, 0.5) is 0 Å². The topological polar surface area (TPSA) is 96.4 Å². The van der Waals surface area contributed by atoms with Gasteiger partial charge < -0.3 is 24.4 Å². The van der Waals surface area contributed by atoms with Gasteiger partial charge in [-0.1, -0.05) is 52.0 Å². The standard InChI is InChI=1S/C31H48N2O6/c1-7-30-15-10-8-13-20-38-27(37)23(30)22-25(35)32(17-11-9-12-19-34)24-26(36)33(18-14-16-31(22,24)39-30)29(5,6)21-28(2,3)4/h10,14-16,22-24,34H,7-9,11-13,17-21H2,1-6H3/b15-10-/t22-,23+,24?,30-,31-/m0/s1. The molecule has 0 bridgehead atoms. The van der Waals surface area contributed by atoms with E-state index in [0.717, 1.165) is 19.3 Å². The Morgan fingerprint density at radius 1 is 1.00 bits per heavy atom. The molecule has 0 aromatic heterocycles. The molecule has 4 aliphatic rings. The van der Waals surface area contributed by atoms with Crippen LogP contribution in [0.2, 0.25) is 0 Å². The highest BCUT2D eigenvalue weighted by Gasteiger charge is 2.75. The number of rotatable bonds is 8. The highest BCUT2D eigenvalue weighted by Crippen LogP contribution is 2.58. The van der Waals surface area contributed by atoms with Crippen molar-refractivity contribution in [2.45, 2.75) is 109 Å². The van der Waals surface area contributed by atoms with Crippen molar-refractivity contribution < 1.29 is 29.0 Å². The first-order chi connectivity index (χ1) is 18.3. The number of likely N-dealkylation sites (tertiary alicyclic amines) is 1. The summed E-state index contributed by atoms with van der Waals surface area (Å²) in [6, 6.07) is -0.873. The zero-order chi connectivity index (χ0) is 28.6. The number of carbonyl (C=O) groups excluding carboxylic acids is 3. The SMILES string of the molecule is CC[C@]12/C=C\CCCOC(=O)[C@H]1[C@H]1C(=O)N(CCCCCO)C3C(=O)N(C(C)(C)CC(C)(C)C)CC=C[C@@]31O2. The molecule has 1 unspecified atom stereocenters. The molecule has 2 amide bonds. The molecule has 4 aliphatic heterocycles. The number of carbonyl (C=O) groups is 3. The van der Waals surface area contributed by atoms with Crippen LogP contribution in [-0.4, -0.2) is 81.8 Å². The van der Waals surface area contributed by atoms with E-state index in [1.54, 1.807) is 4.90 Å². The van der Waals surface area contributed by atoms with Crippen LogP contribution in [0.1, 0.15) is 86.5 Å². The number of cyclic esters (lactones) is 1. The zero-order valence-electron chi connectivity index (χ0n) is 24.7. The van der Waals surface area contributed by atoms with Crippen LogP contribution in [0.25, 0.3) is 0 Å². The van der Waals surface area contributed by atoms with Crippen LogP contribution in [-0.2, 0) is 23.9 Å². The minimum absolute atomic E-state index is 0.00979. The maximum absolute atomic E-state index is 14.7. The molecule has 2 fully saturated rings. The summed E-state index contributed by atoms with van der Waals surface area (Å²) in [5, 5.41) is 9.28. The Labute approximate surface area is 233 Å². The van der Waals surface area contributed by atoms with Crippen molar-refractivity contribution in [3.05, 3.63) is 24.3 Å². The average Bonchev–Trinajstić information content (AvgIpc) is 3.21. The second kappa shape index (κ2) is 11.0. The normalized spacial score (nSPS) is 34.0. The summed E-state index contributed by atoms with van der Waals surface area (Å²) < 4.78 is 12.7. The lowest BCUT2D eigenvalue weighted by atomic mass is 9.73. The first kappa shape index (κ1) is 29.8. The second-order valence-electron chi connectivity index (χ2n) is 13.6. The van der Waals surface area contributed by atoms with Gasteiger partial charge in [0.15, 0.2) is 0 Å². The molecule has 0 saturated carbocycles. The van der Waals surface area contributed by atoms with Crippen LogP contribution in [0, 0.1) is 17.3 Å². The Kier molecular flexibility index (Phi) is 8.40. The molecule has 0 aromatic rings. The third-order valence-corrected chi connectivity index (χ3v) is 8.88. The first-order valence-electron chi connectivity index (χ1n) is 14.8. The zero-order valence-corrected chi connectivity index (χ0v) is 24.7. The molecule has 8 heteroatoms. The van der Waals surface area contributed by atoms with E-state index in [1.807, 2.05) is 36.1 Å². The number of fused-ring (bicyclic) bond motifs is 2. The number of aliphatic hydroxyl groups excluding tert-OH is 1. The maximum Gasteiger partial charge on any atom is 0.313 e. The molecule has 218 valence electrons. The van der Waals surface area contributed by atoms with Crippen molar-refractivity contribution in [2.24, 2.45) is 17.3 Å². The Hall–Kier alpha value is -2.19. The molecular formula is C31H48N2O6. The van der Waals surface area contributed by atoms with Crippen LogP contribution in [0.15, 0.2) is 24.3 Å². The Balaban J connectivity index is 1.83. The number of allylic oxidation sites excluding steroid dienone is 1. The predicted octanol–water partition coefficient (Wildman–Crippen LogP) is 4.02. The minimum atomic E-state index is -1.26. The molecule has 4 heterocycles. The summed E-state index contributed by atoms with van der Waals surface area (Å²) in [5.74, 6) is -2.46. The molecule has 0 aliphatic carbocycles. The van der Waals surface area contributed by atoms with E-state index in [0.29, 0.717) is 45.4 Å². The van der Waals surface area contributed by atoms with Crippen LogP contribution < -0.4 is 0 Å². The van der Waals surface area contributed by atoms with Gasteiger partial charge in [-0.25, -0.2) is 0 Å². The number of esters is 1. The molecule has 8 nitrogen and oxygen atoms in total. The molecule has 2 saturated heterocycles. The largest absolute Gasteiger partial charge is 0.465 e.